The van der Waals surface area contributed by atoms with Crippen LogP contribution in [0, 0.1) is 0 Å². The Bertz CT molecular complexity index is 924. The Kier molecular flexibility index (Phi) is 15.9. The summed E-state index contributed by atoms with van der Waals surface area (Å²) >= 11 is 0. The molecule has 0 bridgehead atoms. The predicted octanol–water partition coefficient (Wildman–Crippen LogP) is 9.50. The highest BCUT2D eigenvalue weighted by Gasteiger charge is 2.94. The molecule has 0 aromatic rings. The Morgan fingerprint density at radius 3 is 1.24 bits per heavy atom. The Morgan fingerprint density at radius 1 is 0.533 bits per heavy atom. The number of nitrogens with one attached hydrogen (secondary N) is 1. The summed E-state index contributed by atoms with van der Waals surface area (Å²) in [6.45, 7) is 2.24. The zero-order valence-corrected chi connectivity index (χ0v) is 24.4. The first-order valence-electron chi connectivity index (χ1n) is 14.1. The Balaban J connectivity index is 4.99. The van der Waals surface area contributed by atoms with Gasteiger partial charge in [0.25, 0.3) is 5.91 Å². The molecule has 19 heteroatoms. The van der Waals surface area contributed by atoms with Crippen LogP contribution in [0.3, 0.4) is 0 Å². The van der Waals surface area contributed by atoms with E-state index in [1.807, 2.05) is 0 Å². The molecule has 0 saturated carbocycles. The first-order valence-corrected chi connectivity index (χ1v) is 14.1. The monoisotopic (exact) mass is 695 g/mol. The molecule has 0 spiro atoms. The summed E-state index contributed by atoms with van der Waals surface area (Å²) in [5.41, 5.74) is 0. The molecule has 0 aromatic heterocycles. The molecule has 0 radical (unpaired) electrons. The third-order valence-electron chi connectivity index (χ3n) is 6.81. The number of amides is 1. The number of carbonyl (C=O) groups excluding carboxylic acids is 2. The number of hydrogen-bond donors (Lipinski definition) is 1. The van der Waals surface area contributed by atoms with Crippen molar-refractivity contribution in [2.24, 2.45) is 0 Å². The summed E-state index contributed by atoms with van der Waals surface area (Å²) in [5, 5.41) is 0.705. The van der Waals surface area contributed by atoms with Crippen LogP contribution in [0.5, 0.6) is 0 Å². The zero-order chi connectivity index (χ0) is 35.5. The normalized spacial score (nSPS) is 14.8. The number of ether oxygens (including phenoxy) is 1. The minimum Gasteiger partial charge on any atom is -0.464 e. The van der Waals surface area contributed by atoms with Crippen LogP contribution in [0.15, 0.2) is 0 Å². The van der Waals surface area contributed by atoms with Gasteiger partial charge in [-0.1, -0.05) is 84.0 Å². The highest BCUT2D eigenvalue weighted by molar-refractivity contribution is 5.89. The summed E-state index contributed by atoms with van der Waals surface area (Å²) in [6.07, 6.45) is 4.70. The average molecular weight is 696 g/mol. The quantitative estimate of drug-likeness (QED) is 0.0698. The second-order valence-corrected chi connectivity index (χ2v) is 10.5. The molecular weight excluding hydrogens is 659 g/mol. The van der Waals surface area contributed by atoms with Crippen LogP contribution in [0.25, 0.3) is 0 Å². The summed E-state index contributed by atoms with van der Waals surface area (Å²) in [4.78, 5) is 23.4. The van der Waals surface area contributed by atoms with Gasteiger partial charge in [0.15, 0.2) is 0 Å². The van der Waals surface area contributed by atoms with Crippen molar-refractivity contribution in [3.05, 3.63) is 0 Å². The van der Waals surface area contributed by atoms with Crippen molar-refractivity contribution in [1.29, 1.82) is 0 Å². The number of rotatable bonds is 22. The Hall–Kier alpha value is -2.11. The van der Waals surface area contributed by atoms with Gasteiger partial charge in [-0.25, -0.2) is 4.79 Å². The molecule has 45 heavy (non-hydrogen) atoms. The highest BCUT2D eigenvalue weighted by atomic mass is 19.4. The smallest absolute Gasteiger partial charge is 0.460 e. The summed E-state index contributed by atoms with van der Waals surface area (Å²) < 4.78 is 204. The van der Waals surface area contributed by atoms with E-state index in [1.54, 1.807) is 0 Å². The van der Waals surface area contributed by atoms with E-state index in [9.17, 15) is 75.4 Å². The maximum absolute atomic E-state index is 14.0. The van der Waals surface area contributed by atoms with Gasteiger partial charge in [-0.2, -0.15) is 65.9 Å². The van der Waals surface area contributed by atoms with Crippen molar-refractivity contribution in [1.82, 2.24) is 5.32 Å². The highest BCUT2D eigenvalue weighted by Crippen LogP contribution is 2.62. The number of hydrogen-bond acceptors (Lipinski definition) is 3. The van der Waals surface area contributed by atoms with E-state index in [0.717, 1.165) is 38.5 Å². The maximum atomic E-state index is 14.0. The molecule has 1 unspecified atom stereocenters. The molecule has 0 aliphatic heterocycles. The van der Waals surface area contributed by atoms with Gasteiger partial charge in [0.1, 0.15) is 6.04 Å². The lowest BCUT2D eigenvalue weighted by Crippen LogP contribution is -2.74. The minimum absolute atomic E-state index is 0.218. The van der Waals surface area contributed by atoms with E-state index in [4.69, 9.17) is 0 Å². The minimum atomic E-state index is -8.51. The van der Waals surface area contributed by atoms with E-state index >= 15 is 0 Å². The third kappa shape index (κ3) is 9.94. The van der Waals surface area contributed by atoms with Crippen molar-refractivity contribution < 1.29 is 80.2 Å². The van der Waals surface area contributed by atoms with E-state index in [1.165, 1.54) is 25.7 Å². The van der Waals surface area contributed by atoms with Crippen LogP contribution in [0.4, 0.5) is 65.9 Å². The molecule has 4 nitrogen and oxygen atoms in total. The third-order valence-corrected chi connectivity index (χ3v) is 6.81. The Morgan fingerprint density at radius 2 is 0.867 bits per heavy atom. The van der Waals surface area contributed by atoms with E-state index in [-0.39, 0.29) is 13.0 Å². The van der Waals surface area contributed by atoms with E-state index in [2.05, 4.69) is 11.7 Å². The second kappa shape index (κ2) is 16.6. The second-order valence-electron chi connectivity index (χ2n) is 10.5. The van der Waals surface area contributed by atoms with Crippen LogP contribution in [-0.2, 0) is 14.3 Å². The fourth-order valence-corrected chi connectivity index (χ4v) is 3.87. The SMILES string of the molecule is CCCCCCCCCCCCCCCOC(=O)C(C)NC(=O)C(F)(F)C(F)(F)C(F)(F)C(F)(F)C(F)(F)C(F)(F)C(F)(F)F. The molecule has 1 N–H and O–H groups in total. The molecule has 0 rings (SSSR count). The van der Waals surface area contributed by atoms with E-state index < -0.39 is 59.6 Å². The summed E-state index contributed by atoms with van der Waals surface area (Å²) in [6, 6.07) is -2.34. The molecule has 0 saturated heterocycles. The fraction of sp³-hybridized carbons (Fsp3) is 0.923. The van der Waals surface area contributed by atoms with Crippen molar-refractivity contribution in [3.8, 4) is 0 Å². The van der Waals surface area contributed by atoms with Crippen LogP contribution in [0.1, 0.15) is 97.3 Å². The fourth-order valence-electron chi connectivity index (χ4n) is 3.87. The first-order chi connectivity index (χ1) is 20.3. The van der Waals surface area contributed by atoms with Crippen molar-refractivity contribution in [3.63, 3.8) is 0 Å². The zero-order valence-electron chi connectivity index (χ0n) is 24.4. The number of halogens is 15. The first kappa shape index (κ1) is 42.9. The molecule has 0 aliphatic carbocycles. The molecule has 1 atom stereocenters. The molecule has 0 fully saturated rings. The number of alkyl halides is 15. The lowest BCUT2D eigenvalue weighted by atomic mass is 9.90. The molecule has 0 heterocycles. The summed E-state index contributed by atoms with van der Waals surface area (Å²) in [5.74, 6) is -53.9. The van der Waals surface area contributed by atoms with Gasteiger partial charge in [0.2, 0.25) is 0 Å². The van der Waals surface area contributed by atoms with Gasteiger partial charge in [-0.15, -0.1) is 0 Å². The predicted molar refractivity (Wildman–Crippen MR) is 130 cm³/mol. The molecule has 1 amide bonds. The van der Waals surface area contributed by atoms with Gasteiger partial charge in [-0.05, 0) is 13.3 Å². The molecule has 0 aromatic carbocycles. The average Bonchev–Trinajstić information content (AvgIpc) is 2.91. The van der Waals surface area contributed by atoms with Crippen LogP contribution in [0.2, 0.25) is 0 Å². The lowest BCUT2D eigenvalue weighted by Gasteiger charge is -2.41. The van der Waals surface area contributed by atoms with Crippen LogP contribution < -0.4 is 5.32 Å². The topological polar surface area (TPSA) is 55.4 Å². The number of carbonyl (C=O) groups is 2. The maximum Gasteiger partial charge on any atom is 0.460 e. The molecular formula is C26H36F15NO3. The van der Waals surface area contributed by atoms with Gasteiger partial charge < -0.3 is 10.1 Å². The molecule has 268 valence electrons. The van der Waals surface area contributed by atoms with Gasteiger partial charge in [0.05, 0.1) is 6.61 Å². The van der Waals surface area contributed by atoms with Gasteiger partial charge in [-0.3, -0.25) is 4.79 Å². The molecule has 0 aliphatic rings. The van der Waals surface area contributed by atoms with Crippen LogP contribution in [-0.4, -0.2) is 66.2 Å². The number of esters is 1. The van der Waals surface area contributed by atoms with E-state index in [0.29, 0.717) is 25.1 Å². The van der Waals surface area contributed by atoms with Crippen molar-refractivity contribution in [2.45, 2.75) is 145 Å². The van der Waals surface area contributed by atoms with Crippen molar-refractivity contribution in [2.75, 3.05) is 6.61 Å². The standard InChI is InChI=1S/C26H36F15NO3/c1-3-4-5-6-7-8-9-10-11-12-13-14-15-16-45-18(43)17(2)42-19(44)20(27,28)21(29,30)22(31,32)23(33,34)24(35,36)25(37,38)26(39,40)41/h17H,3-16H2,1-2H3,(H,42,44). The van der Waals surface area contributed by atoms with Crippen LogP contribution >= 0.6 is 0 Å². The number of unbranched alkanes of at least 4 members (excludes halogenated alkanes) is 12. The Labute approximate surface area is 249 Å². The van der Waals surface area contributed by atoms with Crippen molar-refractivity contribution >= 4 is 11.9 Å². The lowest BCUT2D eigenvalue weighted by molar-refractivity contribution is -0.449. The van der Waals surface area contributed by atoms with Gasteiger partial charge >= 0.3 is 47.7 Å². The summed E-state index contributed by atoms with van der Waals surface area (Å²) in [7, 11) is 0. The largest absolute Gasteiger partial charge is 0.464 e. The van der Waals surface area contributed by atoms with Gasteiger partial charge in [0, 0.05) is 0 Å².